The van der Waals surface area contributed by atoms with E-state index in [1.807, 2.05) is 19.1 Å². The molecule has 0 fully saturated rings. The molecular weight excluding hydrogens is 413 g/mol. The molecule has 0 atom stereocenters. The molecule has 5 nitrogen and oxygen atoms in total. The SMILES string of the molecule is CCC/C=C\C(=N)c1cc(Cc2c(Cl)cc(OCC)cc2Cl)ccc1O.O=CO. The Morgan fingerprint density at radius 3 is 2.34 bits per heavy atom. The Hall–Kier alpha value is -2.50. The highest BCUT2D eigenvalue weighted by Crippen LogP contribution is 2.33. The fourth-order valence-corrected chi connectivity index (χ4v) is 3.17. The molecule has 0 aliphatic carbocycles. The number of unbranched alkanes of at least 4 members (excludes halogenated alkanes) is 1. The number of allylic oxidation sites excluding steroid dienone is 2. The maximum Gasteiger partial charge on any atom is 0.290 e. The minimum atomic E-state index is -0.250. The quantitative estimate of drug-likeness (QED) is 0.342. The molecule has 2 rings (SSSR count). The van der Waals surface area contributed by atoms with E-state index in [0.717, 1.165) is 24.0 Å². The first-order valence-corrected chi connectivity index (χ1v) is 9.89. The van der Waals surface area contributed by atoms with Gasteiger partial charge in [0.25, 0.3) is 6.47 Å². The average Bonchev–Trinajstić information content (AvgIpc) is 2.67. The summed E-state index contributed by atoms with van der Waals surface area (Å²) < 4.78 is 5.45. The molecule has 0 amide bonds. The molecule has 0 radical (unpaired) electrons. The summed E-state index contributed by atoms with van der Waals surface area (Å²) in [5.41, 5.74) is 2.48. The predicted molar refractivity (Wildman–Crippen MR) is 118 cm³/mol. The number of halogens is 2. The third-order valence-electron chi connectivity index (χ3n) is 3.90. The van der Waals surface area contributed by atoms with E-state index in [0.29, 0.717) is 34.4 Å². The summed E-state index contributed by atoms with van der Waals surface area (Å²) in [6, 6.07) is 8.72. The Labute approximate surface area is 181 Å². The average molecular weight is 438 g/mol. The second kappa shape index (κ2) is 12.9. The van der Waals surface area contributed by atoms with Crippen molar-refractivity contribution in [1.29, 1.82) is 5.41 Å². The van der Waals surface area contributed by atoms with Gasteiger partial charge in [0.05, 0.1) is 12.3 Å². The number of nitrogens with one attached hydrogen (secondary N) is 1. The smallest absolute Gasteiger partial charge is 0.290 e. The van der Waals surface area contributed by atoms with Gasteiger partial charge in [0, 0.05) is 22.0 Å². The van der Waals surface area contributed by atoms with Crippen molar-refractivity contribution in [3.8, 4) is 11.5 Å². The van der Waals surface area contributed by atoms with Gasteiger partial charge in [-0.15, -0.1) is 0 Å². The topological polar surface area (TPSA) is 90.6 Å². The number of hydrogen-bond acceptors (Lipinski definition) is 4. The van der Waals surface area contributed by atoms with Crippen LogP contribution >= 0.6 is 23.2 Å². The first kappa shape index (κ1) is 24.5. The number of phenols is 1. The lowest BCUT2D eigenvalue weighted by Crippen LogP contribution is -1.99. The van der Waals surface area contributed by atoms with Gasteiger partial charge in [-0.2, -0.15) is 0 Å². The third-order valence-corrected chi connectivity index (χ3v) is 4.57. The number of ether oxygens (including phenoxy) is 1. The van der Waals surface area contributed by atoms with E-state index in [9.17, 15) is 5.11 Å². The Morgan fingerprint density at radius 1 is 1.17 bits per heavy atom. The standard InChI is InChI=1S/C21H23Cl2NO2.CH2O2/c1-3-5-6-7-20(24)17-11-14(8-9-21(17)25)10-16-18(22)12-15(26-4-2)13-19(16)23;2-1-3/h6-9,11-13,24-25H,3-5,10H2,1-2H3;1H,(H,2,3)/b7-6-,24-20?;. The van der Waals surface area contributed by atoms with Gasteiger partial charge in [-0.25, -0.2) is 0 Å². The van der Waals surface area contributed by atoms with Crippen molar-refractivity contribution < 1.29 is 19.7 Å². The second-order valence-electron chi connectivity index (χ2n) is 6.04. The van der Waals surface area contributed by atoms with Gasteiger partial charge < -0.3 is 20.4 Å². The van der Waals surface area contributed by atoms with Crippen LogP contribution in [-0.2, 0) is 11.2 Å². The number of phenolic OH excluding ortho intramolecular Hbond substituents is 1. The zero-order valence-electron chi connectivity index (χ0n) is 16.4. The van der Waals surface area contributed by atoms with E-state index in [4.69, 9.17) is 43.2 Å². The third kappa shape index (κ3) is 7.80. The van der Waals surface area contributed by atoms with Gasteiger partial charge in [-0.3, -0.25) is 4.79 Å². The highest BCUT2D eigenvalue weighted by Gasteiger charge is 2.12. The Balaban J connectivity index is 0.00000132. The maximum absolute atomic E-state index is 10.1. The van der Waals surface area contributed by atoms with Crippen LogP contribution in [0, 0.1) is 5.41 Å². The van der Waals surface area contributed by atoms with Crippen LogP contribution in [0.3, 0.4) is 0 Å². The van der Waals surface area contributed by atoms with E-state index < -0.39 is 0 Å². The van der Waals surface area contributed by atoms with Crippen molar-refractivity contribution in [2.75, 3.05) is 6.61 Å². The Kier molecular flexibility index (Phi) is 10.9. The molecule has 2 aromatic rings. The van der Waals surface area contributed by atoms with Gasteiger partial charge in [-0.1, -0.05) is 48.7 Å². The fraction of sp³-hybridized carbons (Fsp3) is 0.273. The lowest BCUT2D eigenvalue weighted by molar-refractivity contribution is -0.122. The lowest BCUT2D eigenvalue weighted by Gasteiger charge is -2.12. The number of carboxylic acid groups (broad SMARTS) is 1. The van der Waals surface area contributed by atoms with Crippen LogP contribution in [0.15, 0.2) is 42.5 Å². The molecule has 0 saturated heterocycles. The molecule has 0 aromatic heterocycles. The largest absolute Gasteiger partial charge is 0.507 e. The monoisotopic (exact) mass is 437 g/mol. The van der Waals surface area contributed by atoms with Crippen LogP contribution in [0.25, 0.3) is 0 Å². The zero-order chi connectivity index (χ0) is 21.8. The molecule has 0 bridgehead atoms. The van der Waals surface area contributed by atoms with Crippen molar-refractivity contribution >= 4 is 35.4 Å². The molecule has 0 saturated carbocycles. The summed E-state index contributed by atoms with van der Waals surface area (Å²) in [6.07, 6.45) is 6.09. The van der Waals surface area contributed by atoms with Crippen LogP contribution in [0.4, 0.5) is 0 Å². The van der Waals surface area contributed by atoms with Gasteiger partial charge in [-0.05, 0) is 54.8 Å². The first-order valence-electron chi connectivity index (χ1n) is 9.13. The van der Waals surface area contributed by atoms with Gasteiger partial charge >= 0.3 is 0 Å². The van der Waals surface area contributed by atoms with Crippen molar-refractivity contribution in [2.45, 2.75) is 33.1 Å². The summed E-state index contributed by atoms with van der Waals surface area (Å²) in [5.74, 6) is 0.726. The highest BCUT2D eigenvalue weighted by molar-refractivity contribution is 6.36. The molecule has 156 valence electrons. The number of aromatic hydroxyl groups is 1. The molecule has 3 N–H and O–H groups in total. The summed E-state index contributed by atoms with van der Waals surface area (Å²) in [7, 11) is 0. The summed E-state index contributed by atoms with van der Waals surface area (Å²) in [6.45, 7) is 4.27. The molecule has 0 spiro atoms. The Bertz CT molecular complexity index is 843. The van der Waals surface area contributed by atoms with Gasteiger partial charge in [0.15, 0.2) is 0 Å². The van der Waals surface area contributed by atoms with E-state index >= 15 is 0 Å². The minimum absolute atomic E-state index is 0.0868. The van der Waals surface area contributed by atoms with E-state index in [1.54, 1.807) is 30.3 Å². The maximum atomic E-state index is 10.1. The minimum Gasteiger partial charge on any atom is -0.507 e. The van der Waals surface area contributed by atoms with Gasteiger partial charge in [0.1, 0.15) is 11.5 Å². The summed E-state index contributed by atoms with van der Waals surface area (Å²) in [4.78, 5) is 8.36. The molecule has 7 heteroatoms. The second-order valence-corrected chi connectivity index (χ2v) is 6.85. The lowest BCUT2D eigenvalue weighted by atomic mass is 9.99. The number of benzene rings is 2. The fourth-order valence-electron chi connectivity index (χ4n) is 2.57. The van der Waals surface area contributed by atoms with E-state index in [2.05, 4.69) is 6.92 Å². The molecule has 0 aliphatic heterocycles. The summed E-state index contributed by atoms with van der Waals surface area (Å²) >= 11 is 12.7. The molecule has 2 aromatic carbocycles. The zero-order valence-corrected chi connectivity index (χ0v) is 17.9. The first-order chi connectivity index (χ1) is 13.9. The van der Waals surface area contributed by atoms with Crippen LogP contribution < -0.4 is 4.74 Å². The van der Waals surface area contributed by atoms with Crippen molar-refractivity contribution in [3.63, 3.8) is 0 Å². The highest BCUT2D eigenvalue weighted by atomic mass is 35.5. The van der Waals surface area contributed by atoms with Crippen molar-refractivity contribution in [3.05, 3.63) is 69.2 Å². The van der Waals surface area contributed by atoms with E-state index in [-0.39, 0.29) is 17.9 Å². The van der Waals surface area contributed by atoms with Crippen molar-refractivity contribution in [1.82, 2.24) is 0 Å². The number of hydrogen-bond donors (Lipinski definition) is 3. The van der Waals surface area contributed by atoms with Crippen molar-refractivity contribution in [2.24, 2.45) is 0 Å². The van der Waals surface area contributed by atoms with Crippen LogP contribution in [0.5, 0.6) is 11.5 Å². The van der Waals surface area contributed by atoms with Gasteiger partial charge in [0.2, 0.25) is 0 Å². The van der Waals surface area contributed by atoms with Crippen LogP contribution in [-0.4, -0.2) is 29.0 Å². The number of carbonyl (C=O) groups is 1. The van der Waals surface area contributed by atoms with Crippen LogP contribution in [0.1, 0.15) is 43.4 Å². The summed E-state index contributed by atoms with van der Waals surface area (Å²) in [5, 5.41) is 26.2. The normalized spacial score (nSPS) is 10.3. The van der Waals surface area contributed by atoms with Crippen LogP contribution in [0.2, 0.25) is 10.0 Å². The molecule has 0 aliphatic rings. The van der Waals surface area contributed by atoms with E-state index in [1.165, 1.54) is 0 Å². The predicted octanol–water partition coefficient (Wildman–Crippen LogP) is 6.11. The molecule has 0 heterocycles. The molecule has 0 unspecified atom stereocenters. The molecule has 29 heavy (non-hydrogen) atoms. The Morgan fingerprint density at radius 2 is 1.79 bits per heavy atom. The molecular formula is C22H25Cl2NO4. The number of rotatable bonds is 8.